The number of carbonyl (C=O) groups excluding carboxylic acids is 2. The molecule has 1 aliphatic heterocycles. The van der Waals surface area contributed by atoms with Gasteiger partial charge in [0.15, 0.2) is 11.5 Å². The highest BCUT2D eigenvalue weighted by molar-refractivity contribution is 8.18. The van der Waals surface area contributed by atoms with Gasteiger partial charge in [0.05, 0.1) is 19.1 Å². The Bertz CT molecular complexity index is 809. The molecule has 1 aromatic heterocycles. The van der Waals surface area contributed by atoms with Crippen molar-refractivity contribution in [2.45, 2.75) is 0 Å². The summed E-state index contributed by atoms with van der Waals surface area (Å²) < 4.78 is 16.2. The molecule has 118 valence electrons. The first-order valence-corrected chi connectivity index (χ1v) is 7.49. The first kappa shape index (κ1) is 15.2. The Balaban J connectivity index is 1.89. The first-order valence-electron chi connectivity index (χ1n) is 6.68. The Morgan fingerprint density at radius 2 is 1.87 bits per heavy atom. The summed E-state index contributed by atoms with van der Waals surface area (Å²) in [6.07, 6.45) is 1.54. The number of rotatable bonds is 4. The van der Waals surface area contributed by atoms with Crippen molar-refractivity contribution in [3.05, 3.63) is 41.0 Å². The second-order valence-corrected chi connectivity index (χ2v) is 5.64. The van der Waals surface area contributed by atoms with E-state index in [2.05, 4.69) is 5.32 Å². The minimum Gasteiger partial charge on any atom is -0.493 e. The molecule has 1 N–H and O–H groups in total. The third-order valence-corrected chi connectivity index (χ3v) is 4.02. The van der Waals surface area contributed by atoms with Crippen LogP contribution < -0.4 is 14.8 Å². The lowest BCUT2D eigenvalue weighted by atomic mass is 10.1. The maximum atomic E-state index is 11.5. The molecule has 23 heavy (non-hydrogen) atoms. The standard InChI is InChI=1S/C16H13NO5S/c1-20-12-5-3-9(7-13(12)21-2)11-6-4-10(22-11)8-14-15(18)17-16(19)23-14/h3-8H,1-2H3,(H,17,18,19). The Labute approximate surface area is 136 Å². The average Bonchev–Trinajstić information content (AvgIpc) is 3.13. The van der Waals surface area contributed by atoms with Crippen molar-refractivity contribution in [1.82, 2.24) is 5.32 Å². The quantitative estimate of drug-likeness (QED) is 0.866. The Morgan fingerprint density at radius 1 is 1.09 bits per heavy atom. The van der Waals surface area contributed by atoms with Crippen LogP contribution in [-0.2, 0) is 4.79 Å². The van der Waals surface area contributed by atoms with Crippen molar-refractivity contribution in [1.29, 1.82) is 0 Å². The molecular formula is C16H13NO5S. The van der Waals surface area contributed by atoms with E-state index in [1.807, 2.05) is 6.07 Å². The lowest BCUT2D eigenvalue weighted by molar-refractivity contribution is -0.115. The van der Waals surface area contributed by atoms with Gasteiger partial charge in [-0.05, 0) is 42.1 Å². The highest BCUT2D eigenvalue weighted by Crippen LogP contribution is 2.34. The van der Waals surface area contributed by atoms with E-state index in [4.69, 9.17) is 13.9 Å². The molecule has 1 aliphatic rings. The molecule has 7 heteroatoms. The van der Waals surface area contributed by atoms with E-state index >= 15 is 0 Å². The van der Waals surface area contributed by atoms with Crippen LogP contribution in [0.5, 0.6) is 11.5 Å². The highest BCUT2D eigenvalue weighted by Gasteiger charge is 2.25. The van der Waals surface area contributed by atoms with Gasteiger partial charge in [-0.15, -0.1) is 0 Å². The zero-order valence-electron chi connectivity index (χ0n) is 12.4. The van der Waals surface area contributed by atoms with Gasteiger partial charge in [0.1, 0.15) is 11.5 Å². The van der Waals surface area contributed by atoms with Crippen molar-refractivity contribution in [3.8, 4) is 22.8 Å². The Hall–Kier alpha value is -2.67. The number of amides is 2. The van der Waals surface area contributed by atoms with Crippen molar-refractivity contribution < 1.29 is 23.5 Å². The van der Waals surface area contributed by atoms with Crippen LogP contribution in [0.25, 0.3) is 17.4 Å². The predicted octanol–water partition coefficient (Wildman–Crippen LogP) is 3.29. The molecule has 0 bridgehead atoms. The fourth-order valence-corrected chi connectivity index (χ4v) is 2.79. The highest BCUT2D eigenvalue weighted by atomic mass is 32.2. The molecule has 1 saturated heterocycles. The lowest BCUT2D eigenvalue weighted by Gasteiger charge is -2.08. The fraction of sp³-hybridized carbons (Fsp3) is 0.125. The molecule has 0 radical (unpaired) electrons. The van der Waals surface area contributed by atoms with Gasteiger partial charge in [-0.2, -0.15) is 0 Å². The van der Waals surface area contributed by atoms with E-state index < -0.39 is 5.91 Å². The minimum absolute atomic E-state index is 0.309. The molecule has 0 unspecified atom stereocenters. The van der Waals surface area contributed by atoms with Gasteiger partial charge < -0.3 is 13.9 Å². The molecule has 0 spiro atoms. The van der Waals surface area contributed by atoms with Gasteiger partial charge in [-0.1, -0.05) is 0 Å². The number of carbonyl (C=O) groups is 2. The van der Waals surface area contributed by atoms with E-state index in [9.17, 15) is 9.59 Å². The zero-order chi connectivity index (χ0) is 16.4. The zero-order valence-corrected chi connectivity index (χ0v) is 13.2. The Kier molecular flexibility index (Phi) is 4.12. The van der Waals surface area contributed by atoms with Crippen molar-refractivity contribution in [3.63, 3.8) is 0 Å². The average molecular weight is 331 g/mol. The number of hydrogen-bond acceptors (Lipinski definition) is 6. The maximum Gasteiger partial charge on any atom is 0.290 e. The van der Waals surface area contributed by atoms with Crippen LogP contribution in [0.2, 0.25) is 0 Å². The van der Waals surface area contributed by atoms with E-state index in [1.165, 1.54) is 6.08 Å². The van der Waals surface area contributed by atoms with Gasteiger partial charge in [0.2, 0.25) is 0 Å². The largest absolute Gasteiger partial charge is 0.493 e. The molecular weight excluding hydrogens is 318 g/mol. The van der Waals surface area contributed by atoms with Gasteiger partial charge in [0, 0.05) is 11.6 Å². The van der Waals surface area contributed by atoms with E-state index in [-0.39, 0.29) is 5.24 Å². The SMILES string of the molecule is COc1ccc(-c2ccc(C=C3SC(=O)NC3=O)o2)cc1OC. The van der Waals surface area contributed by atoms with Crippen LogP contribution in [0.4, 0.5) is 4.79 Å². The van der Waals surface area contributed by atoms with Crippen molar-refractivity contribution in [2.75, 3.05) is 14.2 Å². The van der Waals surface area contributed by atoms with Gasteiger partial charge in [-0.3, -0.25) is 14.9 Å². The molecule has 1 fully saturated rings. The van der Waals surface area contributed by atoms with Crippen LogP contribution in [0.3, 0.4) is 0 Å². The predicted molar refractivity (Wildman–Crippen MR) is 86.4 cm³/mol. The number of ether oxygens (including phenoxy) is 2. The first-order chi connectivity index (χ1) is 11.1. The van der Waals surface area contributed by atoms with E-state index in [0.29, 0.717) is 27.9 Å². The third-order valence-electron chi connectivity index (χ3n) is 3.21. The van der Waals surface area contributed by atoms with Crippen molar-refractivity contribution >= 4 is 29.0 Å². The second kappa shape index (κ2) is 6.21. The molecule has 2 heterocycles. The summed E-state index contributed by atoms with van der Waals surface area (Å²) >= 11 is 0.850. The number of hydrogen-bond donors (Lipinski definition) is 1. The van der Waals surface area contributed by atoms with Crippen LogP contribution in [-0.4, -0.2) is 25.4 Å². The number of thioether (sulfide) groups is 1. The van der Waals surface area contributed by atoms with Crippen LogP contribution in [0.15, 0.2) is 39.7 Å². The van der Waals surface area contributed by atoms with E-state index in [1.54, 1.807) is 38.5 Å². The van der Waals surface area contributed by atoms with E-state index in [0.717, 1.165) is 17.3 Å². The topological polar surface area (TPSA) is 77.8 Å². The lowest BCUT2D eigenvalue weighted by Crippen LogP contribution is -2.17. The van der Waals surface area contributed by atoms with Gasteiger partial charge >= 0.3 is 0 Å². The molecule has 2 amide bonds. The summed E-state index contributed by atoms with van der Waals surface area (Å²) in [6.45, 7) is 0. The molecule has 1 aromatic carbocycles. The van der Waals surface area contributed by atoms with Crippen LogP contribution in [0.1, 0.15) is 5.76 Å². The third kappa shape index (κ3) is 3.09. The molecule has 0 aliphatic carbocycles. The van der Waals surface area contributed by atoms with Crippen molar-refractivity contribution in [2.24, 2.45) is 0 Å². The number of benzene rings is 1. The molecule has 2 aromatic rings. The van der Waals surface area contributed by atoms with Crippen LogP contribution >= 0.6 is 11.8 Å². The van der Waals surface area contributed by atoms with Gasteiger partial charge in [-0.25, -0.2) is 0 Å². The number of methoxy groups -OCH3 is 2. The maximum absolute atomic E-state index is 11.5. The molecule has 3 rings (SSSR count). The number of nitrogens with one attached hydrogen (secondary N) is 1. The monoisotopic (exact) mass is 331 g/mol. The summed E-state index contributed by atoms with van der Waals surface area (Å²) in [4.78, 5) is 23.0. The summed E-state index contributed by atoms with van der Waals surface area (Å²) in [5.41, 5.74) is 0.812. The minimum atomic E-state index is -0.413. The summed E-state index contributed by atoms with van der Waals surface area (Å²) in [5.74, 6) is 1.92. The number of furan rings is 1. The summed E-state index contributed by atoms with van der Waals surface area (Å²) in [7, 11) is 3.13. The molecule has 0 atom stereocenters. The van der Waals surface area contributed by atoms with Gasteiger partial charge in [0.25, 0.3) is 11.1 Å². The van der Waals surface area contributed by atoms with Crippen LogP contribution in [0, 0.1) is 0 Å². The second-order valence-electron chi connectivity index (χ2n) is 4.62. The number of imide groups is 1. The molecule has 0 saturated carbocycles. The fourth-order valence-electron chi connectivity index (χ4n) is 2.13. The summed E-state index contributed by atoms with van der Waals surface area (Å²) in [5, 5.41) is 1.82. The smallest absolute Gasteiger partial charge is 0.290 e. The Morgan fingerprint density at radius 3 is 2.52 bits per heavy atom. The normalized spacial score (nSPS) is 15.8. The summed E-state index contributed by atoms with van der Waals surface area (Å²) in [6, 6.07) is 8.95. The molecule has 6 nitrogen and oxygen atoms in total.